The third kappa shape index (κ3) is 5.61. The molecular weight excluding hydrogens is 538 g/mol. The van der Waals surface area contributed by atoms with Crippen molar-refractivity contribution < 1.29 is 36.2 Å². The van der Waals surface area contributed by atoms with Crippen LogP contribution in [-0.2, 0) is 6.42 Å². The molecule has 0 bridgehead atoms. The van der Waals surface area contributed by atoms with Crippen LogP contribution in [-0.4, -0.2) is 83.7 Å². The maximum absolute atomic E-state index is 15.2. The molecule has 40 heavy (non-hydrogen) atoms. The average Bonchev–Trinajstić information content (AvgIpc) is 3.45. The van der Waals surface area contributed by atoms with Gasteiger partial charge in [-0.05, 0) is 37.5 Å². The first-order chi connectivity index (χ1) is 19.2. The second-order valence-electron chi connectivity index (χ2n) is 10.4. The number of β-amino-alcohol motifs (C(OH)–C–C–N with tert-alkyl or cyclic N) is 1. The van der Waals surface area contributed by atoms with Gasteiger partial charge in [0.15, 0.2) is 0 Å². The fraction of sp³-hybridized carbons (Fsp3) is 0.500. The van der Waals surface area contributed by atoms with Gasteiger partial charge in [-0.2, -0.15) is 8.78 Å². The molecule has 1 fully saturated rings. The van der Waals surface area contributed by atoms with Gasteiger partial charge in [0.1, 0.15) is 5.75 Å². The summed E-state index contributed by atoms with van der Waals surface area (Å²) in [4.78, 5) is 6.12. The molecule has 12 heteroatoms. The first-order valence-electron chi connectivity index (χ1n) is 13.3. The van der Waals surface area contributed by atoms with Crippen molar-refractivity contribution in [3.05, 3.63) is 59.3 Å². The first kappa shape index (κ1) is 28.6. The molecule has 2 aromatic carbocycles. The zero-order valence-electron chi connectivity index (χ0n) is 21.8. The number of H-pyrrole nitrogens is 1. The summed E-state index contributed by atoms with van der Waals surface area (Å²) in [7, 11) is 0. The van der Waals surface area contributed by atoms with E-state index in [9.17, 15) is 27.1 Å². The normalized spacial score (nSPS) is 24.6. The molecule has 0 aliphatic carbocycles. The van der Waals surface area contributed by atoms with Crippen LogP contribution in [0.4, 0.5) is 32.0 Å². The molecule has 0 saturated carbocycles. The van der Waals surface area contributed by atoms with Crippen molar-refractivity contribution in [3.8, 4) is 5.75 Å². The van der Waals surface area contributed by atoms with Crippen molar-refractivity contribution in [1.82, 2.24) is 14.8 Å². The van der Waals surface area contributed by atoms with Crippen molar-refractivity contribution in [2.45, 2.75) is 63.3 Å². The first-order valence-corrected chi connectivity index (χ1v) is 13.3. The lowest BCUT2D eigenvalue weighted by Gasteiger charge is -2.42. The lowest BCUT2D eigenvalue weighted by molar-refractivity contribution is -0.0857. The number of aliphatic hydroxyl groups excluding tert-OH is 1. The standard InChI is InChI=1S/C28H32F6N4O2/c1-15-11-19-17-5-2-3-6-20(17)36-24(19)25(38(15)27(32)26(30)31)18-8-7-16(12-23(18)40-28(33)34)35-21-13-37(10-4-9-29)14-22(21)39/h2-3,5-8,12,15,21-22,25-28,35-36,39H,4,9-11,13-14H2,1H3. The number of likely N-dealkylation sites (tertiary alicyclic amines) is 1. The Labute approximate surface area is 227 Å². The quantitative estimate of drug-likeness (QED) is 0.223. The number of aliphatic hydroxyl groups is 1. The number of para-hydroxylation sites is 1. The van der Waals surface area contributed by atoms with E-state index in [0.29, 0.717) is 37.4 Å². The van der Waals surface area contributed by atoms with E-state index < -0.39 is 50.2 Å². The van der Waals surface area contributed by atoms with Crippen LogP contribution in [0.25, 0.3) is 10.9 Å². The zero-order chi connectivity index (χ0) is 28.6. The van der Waals surface area contributed by atoms with Gasteiger partial charge >= 0.3 is 6.61 Å². The Kier molecular flexibility index (Phi) is 8.48. The highest BCUT2D eigenvalue weighted by Gasteiger charge is 2.44. The smallest absolute Gasteiger partial charge is 0.387 e. The van der Waals surface area contributed by atoms with E-state index >= 15 is 4.39 Å². The van der Waals surface area contributed by atoms with Gasteiger partial charge in [0.2, 0.25) is 6.30 Å². The van der Waals surface area contributed by atoms with Gasteiger partial charge in [0.25, 0.3) is 6.43 Å². The van der Waals surface area contributed by atoms with Gasteiger partial charge < -0.3 is 20.1 Å². The molecule has 3 heterocycles. The summed E-state index contributed by atoms with van der Waals surface area (Å²) in [5, 5.41) is 14.4. The molecular formula is C28H32F6N4O2. The van der Waals surface area contributed by atoms with Crippen LogP contribution in [0.15, 0.2) is 42.5 Å². The van der Waals surface area contributed by atoms with Gasteiger partial charge in [0.05, 0.1) is 24.9 Å². The maximum atomic E-state index is 15.2. The van der Waals surface area contributed by atoms with E-state index in [0.717, 1.165) is 21.4 Å². The predicted octanol–water partition coefficient (Wildman–Crippen LogP) is 5.48. The minimum atomic E-state index is -3.32. The average molecular weight is 571 g/mol. The number of aromatic amines is 1. The van der Waals surface area contributed by atoms with Crippen LogP contribution >= 0.6 is 0 Å². The predicted molar refractivity (Wildman–Crippen MR) is 140 cm³/mol. The minimum absolute atomic E-state index is 0.102. The van der Waals surface area contributed by atoms with Gasteiger partial charge in [-0.3, -0.25) is 14.2 Å². The Balaban J connectivity index is 1.55. The lowest BCUT2D eigenvalue weighted by Crippen LogP contribution is -2.49. The maximum Gasteiger partial charge on any atom is 0.387 e. The fourth-order valence-electron chi connectivity index (χ4n) is 6.05. The third-order valence-corrected chi connectivity index (χ3v) is 7.77. The van der Waals surface area contributed by atoms with Crippen molar-refractivity contribution in [1.29, 1.82) is 0 Å². The Hall–Kier alpha value is -2.96. The molecule has 3 N–H and O–H groups in total. The number of halogens is 6. The summed E-state index contributed by atoms with van der Waals surface area (Å²) < 4.78 is 87.4. The van der Waals surface area contributed by atoms with Crippen LogP contribution < -0.4 is 10.1 Å². The van der Waals surface area contributed by atoms with E-state index in [4.69, 9.17) is 4.74 Å². The van der Waals surface area contributed by atoms with Gasteiger partial charge in [-0.15, -0.1) is 0 Å². The fourth-order valence-corrected chi connectivity index (χ4v) is 6.05. The third-order valence-electron chi connectivity index (χ3n) is 7.77. The topological polar surface area (TPSA) is 63.8 Å². The highest BCUT2D eigenvalue weighted by Crippen LogP contribution is 2.46. The molecule has 2 aliphatic rings. The number of ether oxygens (including phenoxy) is 1. The molecule has 0 radical (unpaired) electrons. The monoisotopic (exact) mass is 570 g/mol. The molecule has 1 saturated heterocycles. The Morgan fingerprint density at radius 1 is 1.10 bits per heavy atom. The number of alkyl halides is 6. The summed E-state index contributed by atoms with van der Waals surface area (Å²) in [5.74, 6) is -0.294. The SMILES string of the molecule is CC1Cc2c([nH]c3ccccc23)C(c2ccc(NC3CN(CCCF)CC3O)cc2OC(F)F)N1C(F)C(F)F. The van der Waals surface area contributed by atoms with E-state index in [2.05, 4.69) is 10.3 Å². The number of rotatable bonds is 10. The van der Waals surface area contributed by atoms with Gasteiger partial charge in [-0.25, -0.2) is 13.2 Å². The number of nitrogens with zero attached hydrogens (tertiary/aromatic N) is 2. The van der Waals surface area contributed by atoms with Crippen LogP contribution in [0.2, 0.25) is 0 Å². The summed E-state index contributed by atoms with van der Waals surface area (Å²) >= 11 is 0. The lowest BCUT2D eigenvalue weighted by atomic mass is 9.88. The highest BCUT2D eigenvalue weighted by atomic mass is 19.3. The molecule has 0 spiro atoms. The van der Waals surface area contributed by atoms with E-state index in [1.807, 2.05) is 23.1 Å². The van der Waals surface area contributed by atoms with Gasteiger partial charge in [-0.1, -0.05) is 24.3 Å². The van der Waals surface area contributed by atoms with Crippen molar-refractivity contribution in [2.24, 2.45) is 0 Å². The molecule has 5 unspecified atom stereocenters. The Morgan fingerprint density at radius 2 is 1.88 bits per heavy atom. The number of hydrogen-bond acceptors (Lipinski definition) is 5. The summed E-state index contributed by atoms with van der Waals surface area (Å²) in [6.45, 7) is -0.845. The Bertz CT molecular complexity index is 1310. The van der Waals surface area contributed by atoms with E-state index in [1.54, 1.807) is 19.1 Å². The van der Waals surface area contributed by atoms with E-state index in [-0.39, 0.29) is 17.7 Å². The number of nitrogens with one attached hydrogen (secondary N) is 2. The number of anilines is 1. The highest BCUT2D eigenvalue weighted by molar-refractivity contribution is 5.85. The van der Waals surface area contributed by atoms with Crippen LogP contribution in [0.3, 0.4) is 0 Å². The van der Waals surface area contributed by atoms with E-state index in [1.165, 1.54) is 12.1 Å². The Morgan fingerprint density at radius 3 is 2.60 bits per heavy atom. The van der Waals surface area contributed by atoms with Crippen LogP contribution in [0, 0.1) is 0 Å². The van der Waals surface area contributed by atoms with Crippen LogP contribution in [0.5, 0.6) is 5.75 Å². The summed E-state index contributed by atoms with van der Waals surface area (Å²) in [5.41, 5.74) is 2.43. The second kappa shape index (κ2) is 11.9. The van der Waals surface area contributed by atoms with Gasteiger partial charge in [0, 0.05) is 59.6 Å². The number of fused-ring (bicyclic) bond motifs is 3. The molecule has 218 valence electrons. The molecule has 5 rings (SSSR count). The number of aromatic nitrogens is 1. The molecule has 1 aromatic heterocycles. The molecule has 6 nitrogen and oxygen atoms in total. The largest absolute Gasteiger partial charge is 0.434 e. The molecule has 5 atom stereocenters. The number of hydrogen-bond donors (Lipinski definition) is 3. The van der Waals surface area contributed by atoms with Crippen molar-refractivity contribution in [3.63, 3.8) is 0 Å². The summed E-state index contributed by atoms with van der Waals surface area (Å²) in [6.07, 6.45) is -6.13. The van der Waals surface area contributed by atoms with Crippen molar-refractivity contribution in [2.75, 3.05) is 31.6 Å². The summed E-state index contributed by atoms with van der Waals surface area (Å²) in [6, 6.07) is 9.38. The second-order valence-corrected chi connectivity index (χ2v) is 10.4. The van der Waals surface area contributed by atoms with Crippen molar-refractivity contribution >= 4 is 16.6 Å². The number of benzene rings is 2. The minimum Gasteiger partial charge on any atom is -0.434 e. The zero-order valence-corrected chi connectivity index (χ0v) is 21.8. The molecule has 0 amide bonds. The molecule has 3 aromatic rings. The van der Waals surface area contributed by atoms with Crippen LogP contribution in [0.1, 0.15) is 36.2 Å². The molecule has 2 aliphatic heterocycles.